The summed E-state index contributed by atoms with van der Waals surface area (Å²) in [7, 11) is 3.75. The second-order valence-electron chi connectivity index (χ2n) is 8.25. The van der Waals surface area contributed by atoms with E-state index >= 15 is 0 Å². The van der Waals surface area contributed by atoms with Gasteiger partial charge in [-0.3, -0.25) is 19.8 Å². The third-order valence-corrected chi connectivity index (χ3v) is 6.41. The van der Waals surface area contributed by atoms with Crippen LogP contribution in [-0.4, -0.2) is 84.0 Å². The fourth-order valence-electron chi connectivity index (χ4n) is 4.22. The molecule has 1 N–H and O–H groups in total. The first kappa shape index (κ1) is 24.1. The van der Waals surface area contributed by atoms with Crippen LogP contribution in [0.5, 0.6) is 0 Å². The molecule has 0 saturated carbocycles. The Bertz CT molecular complexity index is 865. The molecule has 0 spiro atoms. The molecule has 2 aliphatic rings. The average molecular weight is 464 g/mol. The number of thiol groups is 1. The highest BCUT2D eigenvalue weighted by atomic mass is 32.1. The second-order valence-corrected chi connectivity index (χ2v) is 8.98. The van der Waals surface area contributed by atoms with E-state index in [9.17, 15) is 19.7 Å². The van der Waals surface area contributed by atoms with E-state index in [0.29, 0.717) is 18.7 Å². The van der Waals surface area contributed by atoms with Gasteiger partial charge < -0.3 is 15.0 Å². The van der Waals surface area contributed by atoms with Gasteiger partial charge in [0.2, 0.25) is 5.91 Å². The molecule has 1 unspecified atom stereocenters. The minimum Gasteiger partial charge on any atom is -0.443 e. The van der Waals surface area contributed by atoms with E-state index in [1.807, 2.05) is 11.9 Å². The van der Waals surface area contributed by atoms with Crippen molar-refractivity contribution in [2.75, 3.05) is 33.7 Å². The van der Waals surface area contributed by atoms with Crippen LogP contribution >= 0.6 is 12.6 Å². The number of nitrogens with one attached hydrogen (secondary N) is 1. The molecule has 2 aliphatic heterocycles. The number of likely N-dealkylation sites (N-methyl/N-ethyl adjacent to an activating group) is 1. The van der Waals surface area contributed by atoms with Crippen LogP contribution in [0.1, 0.15) is 18.4 Å². The van der Waals surface area contributed by atoms with Crippen LogP contribution < -0.4 is 5.32 Å². The Morgan fingerprint density at radius 2 is 2.09 bits per heavy atom. The fourth-order valence-corrected chi connectivity index (χ4v) is 4.68. The van der Waals surface area contributed by atoms with Crippen molar-refractivity contribution < 1.29 is 19.2 Å². The SMILES string of the molecule is CNC(C=NC(=O)OCc1ccc([N+](=O)[O-])cc1)[C@@H]1CCN(C(=O)[C@@H]2C[C@H](S)CN2C)C1. The largest absolute Gasteiger partial charge is 0.443 e. The second kappa shape index (κ2) is 10.9. The van der Waals surface area contributed by atoms with Gasteiger partial charge in [-0.25, -0.2) is 4.79 Å². The van der Waals surface area contributed by atoms with Crippen molar-refractivity contribution in [3.63, 3.8) is 0 Å². The molecular formula is C21H29N5O5S. The number of likely N-dealkylation sites (tertiary alicyclic amines) is 2. The third-order valence-electron chi connectivity index (χ3n) is 6.04. The van der Waals surface area contributed by atoms with E-state index in [1.54, 1.807) is 7.05 Å². The van der Waals surface area contributed by atoms with Gasteiger partial charge in [-0.2, -0.15) is 17.6 Å². The van der Waals surface area contributed by atoms with E-state index in [0.717, 1.165) is 19.4 Å². The van der Waals surface area contributed by atoms with Gasteiger partial charge in [0.05, 0.1) is 11.0 Å². The number of amides is 2. The highest BCUT2D eigenvalue weighted by Crippen LogP contribution is 2.26. The number of benzene rings is 1. The Morgan fingerprint density at radius 1 is 1.38 bits per heavy atom. The summed E-state index contributed by atoms with van der Waals surface area (Å²) in [5.74, 6) is 0.287. The van der Waals surface area contributed by atoms with Crippen molar-refractivity contribution in [2.45, 2.75) is 36.8 Å². The van der Waals surface area contributed by atoms with Crippen molar-refractivity contribution in [3.8, 4) is 0 Å². The van der Waals surface area contributed by atoms with Gasteiger partial charge in [-0.15, -0.1) is 0 Å². The normalized spacial score (nSPS) is 24.7. The molecule has 3 rings (SSSR count). The van der Waals surface area contributed by atoms with Crippen molar-refractivity contribution in [3.05, 3.63) is 39.9 Å². The zero-order valence-electron chi connectivity index (χ0n) is 18.2. The number of hydrogen-bond acceptors (Lipinski definition) is 8. The number of hydrogen-bond donors (Lipinski definition) is 2. The van der Waals surface area contributed by atoms with Gasteiger partial charge in [0.25, 0.3) is 5.69 Å². The number of non-ortho nitro benzene ring substituents is 1. The van der Waals surface area contributed by atoms with E-state index in [2.05, 4.69) is 27.8 Å². The molecule has 32 heavy (non-hydrogen) atoms. The van der Waals surface area contributed by atoms with Crippen LogP contribution in [0.3, 0.4) is 0 Å². The molecule has 0 radical (unpaired) electrons. The maximum Gasteiger partial charge on any atom is 0.433 e. The smallest absolute Gasteiger partial charge is 0.433 e. The molecule has 4 atom stereocenters. The molecule has 11 heteroatoms. The van der Waals surface area contributed by atoms with E-state index in [4.69, 9.17) is 4.74 Å². The third kappa shape index (κ3) is 6.05. The zero-order chi connectivity index (χ0) is 23.3. The topological polar surface area (TPSA) is 117 Å². The Labute approximate surface area is 192 Å². The summed E-state index contributed by atoms with van der Waals surface area (Å²) in [6.45, 7) is 2.08. The number of nitrogens with zero attached hydrogens (tertiary/aromatic N) is 4. The predicted octanol–water partition coefficient (Wildman–Crippen LogP) is 1.74. The number of carbonyl (C=O) groups excluding carboxylic acids is 2. The molecule has 0 aromatic heterocycles. The van der Waals surface area contributed by atoms with E-state index < -0.39 is 11.0 Å². The lowest BCUT2D eigenvalue weighted by Crippen LogP contribution is -2.44. The molecule has 174 valence electrons. The van der Waals surface area contributed by atoms with Crippen LogP contribution in [0.15, 0.2) is 29.3 Å². The average Bonchev–Trinajstić information content (AvgIpc) is 3.39. The Morgan fingerprint density at radius 3 is 2.69 bits per heavy atom. The summed E-state index contributed by atoms with van der Waals surface area (Å²) in [4.78, 5) is 42.9. The first-order valence-electron chi connectivity index (χ1n) is 10.6. The summed E-state index contributed by atoms with van der Waals surface area (Å²) in [6, 6.07) is 5.50. The number of nitro benzene ring substituents is 1. The van der Waals surface area contributed by atoms with Gasteiger partial charge in [0.15, 0.2) is 0 Å². The zero-order valence-corrected chi connectivity index (χ0v) is 19.1. The predicted molar refractivity (Wildman–Crippen MR) is 123 cm³/mol. The lowest BCUT2D eigenvalue weighted by Gasteiger charge is -2.25. The van der Waals surface area contributed by atoms with Crippen molar-refractivity contribution in [1.82, 2.24) is 15.1 Å². The molecule has 2 fully saturated rings. The van der Waals surface area contributed by atoms with Crippen molar-refractivity contribution in [1.29, 1.82) is 0 Å². The summed E-state index contributed by atoms with van der Waals surface area (Å²) >= 11 is 4.50. The van der Waals surface area contributed by atoms with Crippen LogP contribution in [-0.2, 0) is 16.1 Å². The number of ether oxygens (including phenoxy) is 1. The quantitative estimate of drug-likeness (QED) is 0.274. The number of nitro groups is 1. The number of carbonyl (C=O) groups is 2. The maximum atomic E-state index is 12.9. The lowest BCUT2D eigenvalue weighted by molar-refractivity contribution is -0.384. The number of aliphatic imine (C=N–C) groups is 1. The number of rotatable bonds is 7. The van der Waals surface area contributed by atoms with Crippen LogP contribution in [0, 0.1) is 16.0 Å². The first-order valence-corrected chi connectivity index (χ1v) is 11.1. The molecule has 0 aliphatic carbocycles. The molecule has 2 saturated heterocycles. The van der Waals surface area contributed by atoms with Gasteiger partial charge in [0.1, 0.15) is 6.61 Å². The van der Waals surface area contributed by atoms with Gasteiger partial charge in [-0.05, 0) is 50.6 Å². The van der Waals surface area contributed by atoms with E-state index in [-0.39, 0.29) is 41.5 Å². The van der Waals surface area contributed by atoms with Gasteiger partial charge in [-0.1, -0.05) is 0 Å². The standard InChI is InChI=1S/C21H29N5O5S/c1-22-18(10-23-21(28)31-13-14-3-5-16(6-4-14)26(29)30)15-7-8-25(11-15)20(27)19-9-17(32)12-24(19)2/h3-6,10,15,17-19,22,32H,7-9,11-13H2,1-2H3/t15-,17+,18?,19+/m1/s1. The summed E-state index contributed by atoms with van der Waals surface area (Å²) in [5, 5.41) is 14.1. The van der Waals surface area contributed by atoms with Crippen LogP contribution in [0.2, 0.25) is 0 Å². The molecule has 1 aromatic carbocycles. The monoisotopic (exact) mass is 463 g/mol. The van der Waals surface area contributed by atoms with Crippen LogP contribution in [0.25, 0.3) is 0 Å². The molecule has 1 aromatic rings. The van der Waals surface area contributed by atoms with Crippen molar-refractivity contribution >= 4 is 36.5 Å². The minimum atomic E-state index is -0.734. The van der Waals surface area contributed by atoms with Crippen molar-refractivity contribution in [2.24, 2.45) is 10.9 Å². The maximum absolute atomic E-state index is 12.9. The fraction of sp³-hybridized carbons (Fsp3) is 0.571. The summed E-state index contributed by atoms with van der Waals surface area (Å²) < 4.78 is 5.12. The molecule has 2 heterocycles. The molecule has 10 nitrogen and oxygen atoms in total. The minimum absolute atomic E-state index is 0.0227. The highest BCUT2D eigenvalue weighted by molar-refractivity contribution is 7.81. The lowest BCUT2D eigenvalue weighted by atomic mass is 10.0. The van der Waals surface area contributed by atoms with Gasteiger partial charge in [0, 0.05) is 49.3 Å². The molecule has 2 amide bonds. The molecule has 0 bridgehead atoms. The summed E-state index contributed by atoms with van der Waals surface area (Å²) in [5.41, 5.74) is 0.610. The Hall–Kier alpha value is -2.50. The Kier molecular flexibility index (Phi) is 8.21. The highest BCUT2D eigenvalue weighted by Gasteiger charge is 2.38. The molecular weight excluding hydrogens is 434 g/mol. The Balaban J connectivity index is 1.48. The van der Waals surface area contributed by atoms with E-state index in [1.165, 1.54) is 30.5 Å². The first-order chi connectivity index (χ1) is 15.3. The van der Waals surface area contributed by atoms with Crippen LogP contribution in [0.4, 0.5) is 10.5 Å². The van der Waals surface area contributed by atoms with Gasteiger partial charge >= 0.3 is 6.09 Å². The summed E-state index contributed by atoms with van der Waals surface area (Å²) in [6.07, 6.45) is 2.38.